The van der Waals surface area contributed by atoms with Crippen LogP contribution >= 0.6 is 11.6 Å². The summed E-state index contributed by atoms with van der Waals surface area (Å²) >= 11 is 6.61. The Kier molecular flexibility index (Phi) is 6.55. The van der Waals surface area contributed by atoms with Crippen LogP contribution in [0.4, 0.5) is 0 Å². The van der Waals surface area contributed by atoms with Gasteiger partial charge in [-0.3, -0.25) is 4.57 Å². The van der Waals surface area contributed by atoms with Gasteiger partial charge in [0.25, 0.3) is 0 Å². The maximum Gasteiger partial charge on any atom is 0.235 e. The lowest BCUT2D eigenvalue weighted by atomic mass is 9.83. The molecule has 224 valence electrons. The minimum atomic E-state index is 0.412. The van der Waals surface area contributed by atoms with Gasteiger partial charge in [-0.2, -0.15) is 0 Å². The molecule has 2 heterocycles. The van der Waals surface area contributed by atoms with E-state index in [0.717, 1.165) is 50.4 Å². The van der Waals surface area contributed by atoms with Gasteiger partial charge in [0.05, 0.1) is 22.2 Å². The fourth-order valence-corrected chi connectivity index (χ4v) is 7.44. The highest BCUT2D eigenvalue weighted by Crippen LogP contribution is 2.41. The van der Waals surface area contributed by atoms with E-state index in [2.05, 4.69) is 145 Å². The number of halogens is 1. The second kappa shape index (κ2) is 11.1. The average Bonchev–Trinajstić information content (AvgIpc) is 3.45. The third-order valence-corrected chi connectivity index (χ3v) is 9.76. The number of nitrogens with zero attached hydrogens (tertiary/aromatic N) is 3. The standard InChI is InChI=1S/C43H30ClN3/c1-27-11-5-7-15-32(27)36-25-30(19-22-33(36)28-12-3-2-4-13-28)42-35-17-9-10-18-38(35)45-43(46-42)47-39-24-21-31(44)26-37(39)41-34-16-8-6-14-29(34)20-23-40(41)47/h2-10,12-27H,11H2,1H3. The highest BCUT2D eigenvalue weighted by molar-refractivity contribution is 6.32. The molecule has 0 saturated carbocycles. The maximum absolute atomic E-state index is 6.61. The molecule has 0 amide bonds. The van der Waals surface area contributed by atoms with Gasteiger partial charge >= 0.3 is 0 Å². The minimum absolute atomic E-state index is 0.412. The van der Waals surface area contributed by atoms with Crippen LogP contribution in [0.1, 0.15) is 18.9 Å². The number of para-hydroxylation sites is 1. The second-order valence-corrected chi connectivity index (χ2v) is 12.8. The Bertz CT molecular complexity index is 2580. The summed E-state index contributed by atoms with van der Waals surface area (Å²) in [5, 5.41) is 6.34. The molecule has 4 heteroatoms. The number of fused-ring (bicyclic) bond motifs is 6. The summed E-state index contributed by atoms with van der Waals surface area (Å²) in [6, 6.07) is 44.8. The molecule has 0 radical (unpaired) electrons. The predicted molar refractivity (Wildman–Crippen MR) is 198 cm³/mol. The molecule has 2 aromatic heterocycles. The SMILES string of the molecule is CC1CC=CC=C1c1cc(-c2nc(-n3c4ccc(Cl)cc4c4c5ccccc5ccc43)nc3ccccc23)ccc1-c1ccccc1. The van der Waals surface area contributed by atoms with Crippen molar-refractivity contribution in [3.05, 3.63) is 156 Å². The molecule has 0 fully saturated rings. The number of hydrogen-bond donors (Lipinski definition) is 0. The van der Waals surface area contributed by atoms with Crippen LogP contribution in [0.2, 0.25) is 5.02 Å². The molecular weight excluding hydrogens is 594 g/mol. The molecule has 1 unspecified atom stereocenters. The maximum atomic E-state index is 6.61. The van der Waals surface area contributed by atoms with Crippen LogP contribution in [0, 0.1) is 5.92 Å². The monoisotopic (exact) mass is 623 g/mol. The van der Waals surface area contributed by atoms with E-state index in [0.29, 0.717) is 16.9 Å². The number of hydrogen-bond acceptors (Lipinski definition) is 2. The lowest BCUT2D eigenvalue weighted by Crippen LogP contribution is -2.05. The molecule has 6 aromatic carbocycles. The van der Waals surface area contributed by atoms with E-state index in [1.54, 1.807) is 0 Å². The van der Waals surface area contributed by atoms with E-state index in [1.165, 1.54) is 33.0 Å². The van der Waals surface area contributed by atoms with Crippen LogP contribution in [0.25, 0.3) is 77.4 Å². The largest absolute Gasteiger partial charge is 0.278 e. The minimum Gasteiger partial charge on any atom is -0.278 e. The molecule has 8 aromatic rings. The zero-order chi connectivity index (χ0) is 31.5. The third-order valence-electron chi connectivity index (χ3n) is 9.53. The molecule has 1 aliphatic carbocycles. The fourth-order valence-electron chi connectivity index (χ4n) is 7.26. The van der Waals surface area contributed by atoms with Crippen LogP contribution in [0.3, 0.4) is 0 Å². The highest BCUT2D eigenvalue weighted by atomic mass is 35.5. The van der Waals surface area contributed by atoms with E-state index in [9.17, 15) is 0 Å². The topological polar surface area (TPSA) is 30.7 Å². The Morgan fingerprint density at radius 1 is 0.660 bits per heavy atom. The van der Waals surface area contributed by atoms with Crippen molar-refractivity contribution in [1.82, 2.24) is 14.5 Å². The van der Waals surface area contributed by atoms with Gasteiger partial charge in [-0.1, -0.05) is 128 Å². The molecule has 1 atom stereocenters. The van der Waals surface area contributed by atoms with Crippen molar-refractivity contribution < 1.29 is 0 Å². The van der Waals surface area contributed by atoms with Crippen molar-refractivity contribution >= 4 is 60.7 Å². The predicted octanol–water partition coefficient (Wildman–Crippen LogP) is 11.8. The zero-order valence-corrected chi connectivity index (χ0v) is 26.6. The highest BCUT2D eigenvalue weighted by Gasteiger charge is 2.21. The van der Waals surface area contributed by atoms with Crippen molar-refractivity contribution in [2.45, 2.75) is 13.3 Å². The van der Waals surface area contributed by atoms with E-state index in [1.807, 2.05) is 12.1 Å². The summed E-state index contributed by atoms with van der Waals surface area (Å²) in [5.41, 5.74) is 9.98. The molecule has 3 nitrogen and oxygen atoms in total. The van der Waals surface area contributed by atoms with Crippen molar-refractivity contribution in [1.29, 1.82) is 0 Å². The zero-order valence-electron chi connectivity index (χ0n) is 25.9. The number of rotatable bonds is 4. The molecule has 1 aliphatic rings. The molecule has 47 heavy (non-hydrogen) atoms. The molecular formula is C43H30ClN3. The Balaban J connectivity index is 1.33. The summed E-state index contributed by atoms with van der Waals surface area (Å²) in [6.07, 6.45) is 7.74. The van der Waals surface area contributed by atoms with E-state index in [-0.39, 0.29) is 0 Å². The van der Waals surface area contributed by atoms with Crippen LogP contribution in [-0.2, 0) is 0 Å². The van der Waals surface area contributed by atoms with Gasteiger partial charge in [-0.25, -0.2) is 9.97 Å². The first-order chi connectivity index (χ1) is 23.1. The van der Waals surface area contributed by atoms with E-state index < -0.39 is 0 Å². The molecule has 0 bridgehead atoms. The molecule has 9 rings (SSSR count). The van der Waals surface area contributed by atoms with Crippen LogP contribution in [0.5, 0.6) is 0 Å². The average molecular weight is 624 g/mol. The second-order valence-electron chi connectivity index (χ2n) is 12.4. The third kappa shape index (κ3) is 4.58. The summed E-state index contributed by atoms with van der Waals surface area (Å²) in [7, 11) is 0. The Morgan fingerprint density at radius 2 is 1.45 bits per heavy atom. The van der Waals surface area contributed by atoms with Crippen LogP contribution in [0.15, 0.2) is 146 Å². The first-order valence-corrected chi connectivity index (χ1v) is 16.5. The lowest BCUT2D eigenvalue weighted by molar-refractivity contribution is 0.759. The van der Waals surface area contributed by atoms with Crippen molar-refractivity contribution in [3.63, 3.8) is 0 Å². The Hall–Kier alpha value is -5.51. The van der Waals surface area contributed by atoms with Gasteiger partial charge in [0, 0.05) is 26.7 Å². The number of allylic oxidation sites excluding steroid dienone is 4. The van der Waals surface area contributed by atoms with Gasteiger partial charge in [0.1, 0.15) is 0 Å². The normalized spacial score (nSPS) is 14.8. The molecule has 0 saturated heterocycles. The summed E-state index contributed by atoms with van der Waals surface area (Å²) in [4.78, 5) is 10.6. The summed E-state index contributed by atoms with van der Waals surface area (Å²) < 4.78 is 2.19. The smallest absolute Gasteiger partial charge is 0.235 e. The number of aromatic nitrogens is 3. The van der Waals surface area contributed by atoms with Crippen LogP contribution in [-0.4, -0.2) is 14.5 Å². The van der Waals surface area contributed by atoms with Gasteiger partial charge in [0.15, 0.2) is 0 Å². The van der Waals surface area contributed by atoms with Gasteiger partial charge < -0.3 is 0 Å². The van der Waals surface area contributed by atoms with Gasteiger partial charge in [-0.15, -0.1) is 0 Å². The summed E-state index contributed by atoms with van der Waals surface area (Å²) in [5.74, 6) is 1.05. The Morgan fingerprint density at radius 3 is 2.32 bits per heavy atom. The fraction of sp³-hybridized carbons (Fsp3) is 0.0698. The lowest BCUT2D eigenvalue weighted by Gasteiger charge is -2.22. The molecule has 0 aliphatic heterocycles. The van der Waals surface area contributed by atoms with Gasteiger partial charge in [-0.05, 0) is 81.8 Å². The van der Waals surface area contributed by atoms with E-state index in [4.69, 9.17) is 21.6 Å². The van der Waals surface area contributed by atoms with E-state index >= 15 is 0 Å². The van der Waals surface area contributed by atoms with Gasteiger partial charge in [0.2, 0.25) is 5.95 Å². The number of benzene rings is 6. The molecule has 0 spiro atoms. The van der Waals surface area contributed by atoms with Crippen molar-refractivity contribution in [3.8, 4) is 28.3 Å². The summed E-state index contributed by atoms with van der Waals surface area (Å²) in [6.45, 7) is 2.31. The first-order valence-electron chi connectivity index (χ1n) is 16.1. The van der Waals surface area contributed by atoms with Crippen molar-refractivity contribution in [2.24, 2.45) is 5.92 Å². The van der Waals surface area contributed by atoms with Crippen LogP contribution < -0.4 is 0 Å². The Labute approximate surface area is 278 Å². The van der Waals surface area contributed by atoms with Crippen molar-refractivity contribution in [2.75, 3.05) is 0 Å². The molecule has 0 N–H and O–H groups in total. The first kappa shape index (κ1) is 27.8. The quantitative estimate of drug-likeness (QED) is 0.195.